The highest BCUT2D eigenvalue weighted by atomic mass is 16.5. The highest BCUT2D eigenvalue weighted by molar-refractivity contribution is 5.05. The number of rotatable bonds is 3. The second kappa shape index (κ2) is 5.84. The van der Waals surface area contributed by atoms with E-state index in [-0.39, 0.29) is 0 Å². The fourth-order valence-electron chi connectivity index (χ4n) is 3.34. The highest BCUT2D eigenvalue weighted by Crippen LogP contribution is 2.31. The number of hydrogen-bond donors (Lipinski definition) is 0. The summed E-state index contributed by atoms with van der Waals surface area (Å²) in [6, 6.07) is 0.426. The Labute approximate surface area is 120 Å². The van der Waals surface area contributed by atoms with Crippen molar-refractivity contribution in [1.29, 1.82) is 0 Å². The van der Waals surface area contributed by atoms with Crippen LogP contribution in [-0.4, -0.2) is 48.4 Å². The minimum absolute atomic E-state index is 0.340. The number of hydrogen-bond acceptors (Lipinski definition) is 5. The maximum Gasteiger partial charge on any atom is 0.208 e. The summed E-state index contributed by atoms with van der Waals surface area (Å²) in [5.41, 5.74) is 0.989. The van der Waals surface area contributed by atoms with Gasteiger partial charge < -0.3 is 13.9 Å². The summed E-state index contributed by atoms with van der Waals surface area (Å²) in [6.07, 6.45) is 3.92. The summed E-state index contributed by atoms with van der Waals surface area (Å²) in [4.78, 5) is 6.95. The highest BCUT2D eigenvalue weighted by Gasteiger charge is 2.38. The average Bonchev–Trinajstić information content (AvgIpc) is 2.77. The summed E-state index contributed by atoms with van der Waals surface area (Å²) in [5.74, 6) is 1.74. The molecule has 2 fully saturated rings. The molecule has 1 saturated heterocycles. The second-order valence-electron chi connectivity index (χ2n) is 5.87. The molecule has 3 atom stereocenters. The Morgan fingerprint density at radius 2 is 2.20 bits per heavy atom. The van der Waals surface area contributed by atoms with Crippen LogP contribution in [0.4, 0.5) is 0 Å². The molecule has 5 heteroatoms. The van der Waals surface area contributed by atoms with Crippen LogP contribution in [0.2, 0.25) is 0 Å². The molecule has 1 aliphatic heterocycles. The van der Waals surface area contributed by atoms with Gasteiger partial charge in [-0.3, -0.25) is 4.90 Å². The van der Waals surface area contributed by atoms with Crippen molar-refractivity contribution >= 4 is 0 Å². The first-order valence-corrected chi connectivity index (χ1v) is 7.48. The third-order valence-electron chi connectivity index (χ3n) is 4.63. The van der Waals surface area contributed by atoms with E-state index in [2.05, 4.69) is 9.88 Å². The Morgan fingerprint density at radius 3 is 2.90 bits per heavy atom. The third kappa shape index (κ3) is 2.75. The smallest absolute Gasteiger partial charge is 0.208 e. The topological polar surface area (TPSA) is 47.7 Å². The molecule has 1 aromatic rings. The van der Waals surface area contributed by atoms with Gasteiger partial charge in [0.15, 0.2) is 0 Å². The quantitative estimate of drug-likeness (QED) is 0.848. The number of nitrogens with zero attached hydrogens (tertiary/aromatic N) is 2. The van der Waals surface area contributed by atoms with Crippen molar-refractivity contribution in [1.82, 2.24) is 9.88 Å². The Morgan fingerprint density at radius 1 is 1.35 bits per heavy atom. The van der Waals surface area contributed by atoms with Gasteiger partial charge in [0.2, 0.25) is 5.89 Å². The predicted octanol–water partition coefficient (Wildman–Crippen LogP) is 2.06. The van der Waals surface area contributed by atoms with E-state index in [1.54, 1.807) is 7.11 Å². The van der Waals surface area contributed by atoms with Crippen LogP contribution in [0.15, 0.2) is 4.42 Å². The Balaban J connectivity index is 1.70. The largest absolute Gasteiger partial charge is 0.444 e. The summed E-state index contributed by atoms with van der Waals surface area (Å²) < 4.78 is 17.2. The summed E-state index contributed by atoms with van der Waals surface area (Å²) in [7, 11) is 1.81. The molecule has 0 amide bonds. The van der Waals surface area contributed by atoms with Crippen LogP contribution in [0.25, 0.3) is 0 Å². The lowest BCUT2D eigenvalue weighted by Gasteiger charge is -2.45. The van der Waals surface area contributed by atoms with Crippen molar-refractivity contribution in [3.8, 4) is 0 Å². The van der Waals surface area contributed by atoms with E-state index in [9.17, 15) is 0 Å². The molecule has 1 aromatic heterocycles. The van der Waals surface area contributed by atoms with Crippen molar-refractivity contribution in [3.05, 3.63) is 17.3 Å². The molecule has 20 heavy (non-hydrogen) atoms. The SMILES string of the molecule is CO[C@@H]1CC[C@H]2OCCN(Cc3nc(C)c(C)o3)[C@@H]2C1. The minimum atomic E-state index is 0.340. The Bertz CT molecular complexity index is 440. The van der Waals surface area contributed by atoms with Gasteiger partial charge in [-0.2, -0.15) is 0 Å². The maximum atomic E-state index is 5.92. The molecule has 0 aromatic carbocycles. The van der Waals surface area contributed by atoms with E-state index < -0.39 is 0 Å². The van der Waals surface area contributed by atoms with Crippen LogP contribution >= 0.6 is 0 Å². The van der Waals surface area contributed by atoms with Gasteiger partial charge in [-0.1, -0.05) is 0 Å². The third-order valence-corrected chi connectivity index (χ3v) is 4.63. The van der Waals surface area contributed by atoms with Crippen LogP contribution in [0, 0.1) is 13.8 Å². The van der Waals surface area contributed by atoms with Crippen LogP contribution in [0.1, 0.15) is 36.6 Å². The van der Waals surface area contributed by atoms with Crippen molar-refractivity contribution in [2.45, 2.75) is 57.9 Å². The fraction of sp³-hybridized carbons (Fsp3) is 0.800. The lowest BCUT2D eigenvalue weighted by atomic mass is 9.88. The van der Waals surface area contributed by atoms with Crippen LogP contribution in [0.5, 0.6) is 0 Å². The first-order valence-electron chi connectivity index (χ1n) is 7.48. The van der Waals surface area contributed by atoms with Gasteiger partial charge in [0.25, 0.3) is 0 Å². The van der Waals surface area contributed by atoms with E-state index in [0.29, 0.717) is 18.2 Å². The number of methoxy groups -OCH3 is 1. The van der Waals surface area contributed by atoms with Crippen LogP contribution in [-0.2, 0) is 16.0 Å². The number of ether oxygens (including phenoxy) is 2. The molecule has 5 nitrogen and oxygen atoms in total. The van der Waals surface area contributed by atoms with Crippen LogP contribution in [0.3, 0.4) is 0 Å². The van der Waals surface area contributed by atoms with Gasteiger partial charge >= 0.3 is 0 Å². The standard InChI is InChI=1S/C15H24N2O3/c1-10-11(2)20-15(16-10)9-17-6-7-19-14-5-4-12(18-3)8-13(14)17/h12-14H,4-9H2,1-3H3/t12-,13-,14-/m1/s1. The summed E-state index contributed by atoms with van der Waals surface area (Å²) >= 11 is 0. The van der Waals surface area contributed by atoms with E-state index in [4.69, 9.17) is 13.9 Å². The predicted molar refractivity (Wildman–Crippen MR) is 74.6 cm³/mol. The minimum Gasteiger partial charge on any atom is -0.444 e. The molecule has 2 heterocycles. The molecular weight excluding hydrogens is 256 g/mol. The van der Waals surface area contributed by atoms with Crippen LogP contribution < -0.4 is 0 Å². The molecule has 1 aliphatic carbocycles. The first kappa shape index (κ1) is 14.0. The lowest BCUT2D eigenvalue weighted by molar-refractivity contribution is -0.117. The fourth-order valence-corrected chi connectivity index (χ4v) is 3.34. The molecule has 0 radical (unpaired) electrons. The average molecular weight is 280 g/mol. The van der Waals surface area contributed by atoms with Gasteiger partial charge in [-0.15, -0.1) is 0 Å². The number of aromatic nitrogens is 1. The summed E-state index contributed by atoms with van der Waals surface area (Å²) in [5, 5.41) is 0. The van der Waals surface area contributed by atoms with Gasteiger partial charge in [-0.25, -0.2) is 4.98 Å². The van der Waals surface area contributed by atoms with E-state index in [1.165, 1.54) is 0 Å². The molecule has 1 saturated carbocycles. The number of aryl methyl sites for hydroxylation is 2. The molecular formula is C15H24N2O3. The number of oxazole rings is 1. The van der Waals surface area contributed by atoms with E-state index >= 15 is 0 Å². The van der Waals surface area contributed by atoms with Crippen molar-refractivity contribution in [3.63, 3.8) is 0 Å². The number of morpholine rings is 1. The Kier molecular flexibility index (Phi) is 4.10. The number of fused-ring (bicyclic) bond motifs is 1. The maximum absolute atomic E-state index is 5.92. The molecule has 112 valence electrons. The van der Waals surface area contributed by atoms with Gasteiger partial charge in [0, 0.05) is 19.7 Å². The monoisotopic (exact) mass is 280 g/mol. The molecule has 0 bridgehead atoms. The zero-order valence-corrected chi connectivity index (χ0v) is 12.6. The molecule has 3 rings (SSSR count). The van der Waals surface area contributed by atoms with E-state index in [0.717, 1.165) is 56.3 Å². The van der Waals surface area contributed by atoms with Gasteiger partial charge in [0.1, 0.15) is 5.76 Å². The van der Waals surface area contributed by atoms with E-state index in [1.807, 2.05) is 13.8 Å². The zero-order valence-electron chi connectivity index (χ0n) is 12.6. The van der Waals surface area contributed by atoms with Crippen molar-refractivity contribution < 1.29 is 13.9 Å². The molecule has 0 unspecified atom stereocenters. The van der Waals surface area contributed by atoms with Crippen molar-refractivity contribution in [2.75, 3.05) is 20.3 Å². The molecule has 0 N–H and O–H groups in total. The zero-order chi connectivity index (χ0) is 14.1. The summed E-state index contributed by atoms with van der Waals surface area (Å²) in [6.45, 7) is 6.48. The lowest BCUT2D eigenvalue weighted by Crippen LogP contribution is -2.54. The second-order valence-corrected chi connectivity index (χ2v) is 5.87. The molecule has 2 aliphatic rings. The Hall–Kier alpha value is -0.910. The molecule has 0 spiro atoms. The first-order chi connectivity index (χ1) is 9.67. The van der Waals surface area contributed by atoms with Gasteiger partial charge in [-0.05, 0) is 33.1 Å². The van der Waals surface area contributed by atoms with Crippen molar-refractivity contribution in [2.24, 2.45) is 0 Å². The normalized spacial score (nSPS) is 31.2. The van der Waals surface area contributed by atoms with Gasteiger partial charge in [0.05, 0.1) is 31.1 Å².